The third kappa shape index (κ3) is 2.62. The summed E-state index contributed by atoms with van der Waals surface area (Å²) in [5.41, 5.74) is 0.845. The van der Waals surface area contributed by atoms with Crippen LogP contribution in [0.5, 0.6) is 0 Å². The topological polar surface area (TPSA) is 84.2 Å². The highest BCUT2D eigenvalue weighted by Crippen LogP contribution is 2.21. The molecule has 2 rings (SSSR count). The van der Waals surface area contributed by atoms with Crippen LogP contribution < -0.4 is 5.32 Å². The van der Waals surface area contributed by atoms with Gasteiger partial charge in [0.05, 0.1) is 16.9 Å². The number of aromatic carboxylic acids is 1. The van der Waals surface area contributed by atoms with E-state index in [0.29, 0.717) is 17.0 Å². The van der Waals surface area contributed by atoms with Crippen LogP contribution in [0.2, 0.25) is 0 Å². The first-order valence-corrected chi connectivity index (χ1v) is 6.16. The van der Waals surface area contributed by atoms with E-state index in [0.717, 1.165) is 6.07 Å². The van der Waals surface area contributed by atoms with E-state index in [1.54, 1.807) is 25.6 Å². The Labute approximate surface area is 120 Å². The maximum Gasteiger partial charge on any atom is 0.340 e. The summed E-state index contributed by atoms with van der Waals surface area (Å²) in [7, 11) is 1.70. The smallest absolute Gasteiger partial charge is 0.340 e. The molecule has 0 atom stereocenters. The number of carboxylic acid groups (broad SMARTS) is 1. The average molecular weight is 291 g/mol. The normalized spacial score (nSPS) is 10.5. The molecular formula is C14H14FN3O3. The van der Waals surface area contributed by atoms with E-state index in [2.05, 4.69) is 10.4 Å². The van der Waals surface area contributed by atoms with Gasteiger partial charge in [-0.25, -0.2) is 9.18 Å². The Hall–Kier alpha value is -2.70. The van der Waals surface area contributed by atoms with Crippen molar-refractivity contribution in [3.8, 4) is 0 Å². The number of aryl methyl sites for hydroxylation is 2. The van der Waals surface area contributed by atoms with Crippen LogP contribution in [0.3, 0.4) is 0 Å². The SMILES string of the molecule is Cc1nn(C)c(C)c1C(=O)Nc1cccc(F)c1C(=O)O. The van der Waals surface area contributed by atoms with Crippen molar-refractivity contribution in [3.05, 3.63) is 46.5 Å². The molecule has 0 spiro atoms. The predicted octanol–water partition coefficient (Wildman–Crippen LogP) is 2.13. The summed E-state index contributed by atoms with van der Waals surface area (Å²) >= 11 is 0. The first-order valence-electron chi connectivity index (χ1n) is 6.16. The molecular weight excluding hydrogens is 277 g/mol. The van der Waals surface area contributed by atoms with Gasteiger partial charge in [0.15, 0.2) is 0 Å². The maximum absolute atomic E-state index is 13.6. The molecule has 0 bridgehead atoms. The van der Waals surface area contributed by atoms with Gasteiger partial charge in [-0.15, -0.1) is 0 Å². The van der Waals surface area contributed by atoms with E-state index in [9.17, 15) is 14.0 Å². The molecule has 0 aliphatic heterocycles. The Bertz CT molecular complexity index is 737. The van der Waals surface area contributed by atoms with E-state index in [-0.39, 0.29) is 5.69 Å². The summed E-state index contributed by atoms with van der Waals surface area (Å²) in [6.07, 6.45) is 0. The highest BCUT2D eigenvalue weighted by atomic mass is 19.1. The molecule has 1 heterocycles. The van der Waals surface area contributed by atoms with E-state index in [4.69, 9.17) is 5.11 Å². The van der Waals surface area contributed by atoms with Crippen molar-refractivity contribution in [3.63, 3.8) is 0 Å². The lowest BCUT2D eigenvalue weighted by Gasteiger charge is -2.09. The molecule has 1 aromatic carbocycles. The molecule has 2 N–H and O–H groups in total. The van der Waals surface area contributed by atoms with Gasteiger partial charge in [0.2, 0.25) is 0 Å². The Morgan fingerprint density at radius 3 is 2.48 bits per heavy atom. The summed E-state index contributed by atoms with van der Waals surface area (Å²) < 4.78 is 15.1. The van der Waals surface area contributed by atoms with Crippen LogP contribution in [-0.4, -0.2) is 26.8 Å². The number of amides is 1. The Balaban J connectivity index is 2.41. The van der Waals surface area contributed by atoms with Crippen LogP contribution in [-0.2, 0) is 7.05 Å². The lowest BCUT2D eigenvalue weighted by atomic mass is 10.1. The minimum Gasteiger partial charge on any atom is -0.478 e. The number of carboxylic acids is 1. The maximum atomic E-state index is 13.6. The molecule has 0 saturated carbocycles. The zero-order valence-electron chi connectivity index (χ0n) is 11.8. The van der Waals surface area contributed by atoms with Crippen LogP contribution in [0, 0.1) is 19.7 Å². The van der Waals surface area contributed by atoms with Gasteiger partial charge >= 0.3 is 5.97 Å². The fraction of sp³-hybridized carbons (Fsp3) is 0.214. The molecule has 7 heteroatoms. The molecule has 0 saturated heterocycles. The molecule has 0 unspecified atom stereocenters. The fourth-order valence-electron chi connectivity index (χ4n) is 2.13. The summed E-state index contributed by atoms with van der Waals surface area (Å²) in [4.78, 5) is 23.4. The molecule has 0 aliphatic carbocycles. The number of carbonyl (C=O) groups is 2. The number of hydrogen-bond acceptors (Lipinski definition) is 3. The van der Waals surface area contributed by atoms with Crippen molar-refractivity contribution in [2.45, 2.75) is 13.8 Å². The molecule has 110 valence electrons. The van der Waals surface area contributed by atoms with Crippen LogP contribution in [0.1, 0.15) is 32.1 Å². The second kappa shape index (κ2) is 5.35. The van der Waals surface area contributed by atoms with Crippen molar-refractivity contribution in [1.29, 1.82) is 0 Å². The van der Waals surface area contributed by atoms with Crippen LogP contribution in [0.15, 0.2) is 18.2 Å². The number of anilines is 1. The number of aromatic nitrogens is 2. The Morgan fingerprint density at radius 2 is 1.95 bits per heavy atom. The van der Waals surface area contributed by atoms with Crippen molar-refractivity contribution in [1.82, 2.24) is 9.78 Å². The van der Waals surface area contributed by atoms with Gasteiger partial charge in [0, 0.05) is 12.7 Å². The minimum absolute atomic E-state index is 0.0878. The standard InChI is InChI=1S/C14H14FN3O3/c1-7-11(8(2)18(3)17-7)13(19)16-10-6-4-5-9(15)12(10)14(20)21/h4-6H,1-3H3,(H,16,19)(H,20,21). The van der Waals surface area contributed by atoms with Gasteiger partial charge in [0.25, 0.3) is 5.91 Å². The second-order valence-corrected chi connectivity index (χ2v) is 4.59. The van der Waals surface area contributed by atoms with Crippen LogP contribution in [0.25, 0.3) is 0 Å². The minimum atomic E-state index is -1.44. The Morgan fingerprint density at radius 1 is 1.29 bits per heavy atom. The predicted molar refractivity (Wildman–Crippen MR) is 74.0 cm³/mol. The highest BCUT2D eigenvalue weighted by Gasteiger charge is 2.21. The van der Waals surface area contributed by atoms with Gasteiger partial charge < -0.3 is 10.4 Å². The van der Waals surface area contributed by atoms with Gasteiger partial charge in [-0.05, 0) is 26.0 Å². The van der Waals surface area contributed by atoms with Crippen molar-refractivity contribution < 1.29 is 19.1 Å². The van der Waals surface area contributed by atoms with Crippen LogP contribution >= 0.6 is 0 Å². The van der Waals surface area contributed by atoms with Crippen molar-refractivity contribution in [2.24, 2.45) is 7.05 Å². The zero-order chi connectivity index (χ0) is 15.7. The molecule has 1 amide bonds. The number of benzene rings is 1. The zero-order valence-corrected chi connectivity index (χ0v) is 11.8. The third-order valence-electron chi connectivity index (χ3n) is 3.21. The number of rotatable bonds is 3. The third-order valence-corrected chi connectivity index (χ3v) is 3.21. The lowest BCUT2D eigenvalue weighted by Crippen LogP contribution is -2.17. The number of halogens is 1. The largest absolute Gasteiger partial charge is 0.478 e. The first kappa shape index (κ1) is 14.7. The number of nitrogens with zero attached hydrogens (tertiary/aromatic N) is 2. The highest BCUT2D eigenvalue weighted by molar-refractivity contribution is 6.08. The second-order valence-electron chi connectivity index (χ2n) is 4.59. The monoisotopic (exact) mass is 291 g/mol. The van der Waals surface area contributed by atoms with E-state index in [1.165, 1.54) is 12.1 Å². The van der Waals surface area contributed by atoms with Gasteiger partial charge in [-0.3, -0.25) is 9.48 Å². The van der Waals surface area contributed by atoms with Crippen LogP contribution in [0.4, 0.5) is 10.1 Å². The first-order chi connectivity index (χ1) is 9.82. The molecule has 6 nitrogen and oxygen atoms in total. The summed E-state index contributed by atoms with van der Waals surface area (Å²) in [6.45, 7) is 3.39. The van der Waals surface area contributed by atoms with Crippen molar-refractivity contribution in [2.75, 3.05) is 5.32 Å². The average Bonchev–Trinajstić information content (AvgIpc) is 2.62. The molecule has 1 aromatic heterocycles. The van der Waals surface area contributed by atoms with Crippen molar-refractivity contribution >= 4 is 17.6 Å². The quantitative estimate of drug-likeness (QED) is 0.907. The number of carbonyl (C=O) groups excluding carboxylic acids is 1. The van der Waals surface area contributed by atoms with Gasteiger partial charge in [-0.1, -0.05) is 6.07 Å². The molecule has 0 fully saturated rings. The Kier molecular flexibility index (Phi) is 3.75. The summed E-state index contributed by atoms with van der Waals surface area (Å²) in [6, 6.07) is 3.70. The molecule has 2 aromatic rings. The van der Waals surface area contributed by atoms with Gasteiger partial charge in [0.1, 0.15) is 11.4 Å². The summed E-state index contributed by atoms with van der Waals surface area (Å²) in [5, 5.41) is 15.6. The lowest BCUT2D eigenvalue weighted by molar-refractivity contribution is 0.0693. The van der Waals surface area contributed by atoms with E-state index >= 15 is 0 Å². The number of hydrogen-bond donors (Lipinski definition) is 2. The van der Waals surface area contributed by atoms with E-state index < -0.39 is 23.3 Å². The molecule has 21 heavy (non-hydrogen) atoms. The van der Waals surface area contributed by atoms with Gasteiger partial charge in [-0.2, -0.15) is 5.10 Å². The van der Waals surface area contributed by atoms with E-state index in [1.807, 2.05) is 0 Å². The molecule has 0 aliphatic rings. The fourth-order valence-corrected chi connectivity index (χ4v) is 2.13. The number of nitrogens with one attached hydrogen (secondary N) is 1. The molecule has 0 radical (unpaired) electrons. The summed E-state index contributed by atoms with van der Waals surface area (Å²) in [5.74, 6) is -2.87.